The van der Waals surface area contributed by atoms with Crippen molar-refractivity contribution in [3.05, 3.63) is 28.3 Å². The molecule has 1 heterocycles. The minimum absolute atomic E-state index is 0.0675. The van der Waals surface area contributed by atoms with E-state index in [1.54, 1.807) is 0 Å². The normalized spacial score (nSPS) is 11.8. The van der Waals surface area contributed by atoms with Gasteiger partial charge in [-0.15, -0.1) is 0 Å². The van der Waals surface area contributed by atoms with Crippen LogP contribution < -0.4 is 5.73 Å². The second kappa shape index (κ2) is 4.99. The molecule has 0 aliphatic heterocycles. The summed E-state index contributed by atoms with van der Waals surface area (Å²) in [5, 5.41) is 3.63. The maximum atomic E-state index is 13.9. The summed E-state index contributed by atoms with van der Waals surface area (Å²) in [6, 6.07) is 2.44. The second-order valence-corrected chi connectivity index (χ2v) is 6.56. The number of halogens is 2. The quantitative estimate of drug-likeness (QED) is 0.901. The molecule has 0 unspecified atom stereocenters. The van der Waals surface area contributed by atoms with Gasteiger partial charge in [-0.25, -0.2) is 12.8 Å². The van der Waals surface area contributed by atoms with E-state index in [0.717, 1.165) is 12.3 Å². The van der Waals surface area contributed by atoms with Crippen LogP contribution in [0.25, 0.3) is 11.4 Å². The highest BCUT2D eigenvalue weighted by Gasteiger charge is 2.20. The van der Waals surface area contributed by atoms with Gasteiger partial charge in [-0.2, -0.15) is 4.98 Å². The highest BCUT2D eigenvalue weighted by atomic mass is 79.9. The number of hydrogen-bond acceptors (Lipinski definition) is 6. The van der Waals surface area contributed by atoms with E-state index in [0.29, 0.717) is 5.56 Å². The van der Waals surface area contributed by atoms with Crippen LogP contribution in [0.3, 0.4) is 0 Å². The number of rotatable bonds is 3. The maximum absolute atomic E-state index is 13.9. The zero-order valence-corrected chi connectivity index (χ0v) is 12.1. The third-order valence-corrected chi connectivity index (χ3v) is 4.31. The van der Waals surface area contributed by atoms with Crippen LogP contribution in [-0.2, 0) is 16.4 Å². The molecule has 19 heavy (non-hydrogen) atoms. The standard InChI is InChI=1S/C10H9BrFN3O3S/c1-19(16,17)9-6(11)2-5(3-7(9)12)10-14-8(4-13)18-15-10/h2-3H,4,13H2,1H3. The van der Waals surface area contributed by atoms with Gasteiger partial charge in [0, 0.05) is 16.3 Å². The van der Waals surface area contributed by atoms with Crippen molar-refractivity contribution < 1.29 is 17.3 Å². The summed E-state index contributed by atoms with van der Waals surface area (Å²) >= 11 is 3.02. The van der Waals surface area contributed by atoms with Gasteiger partial charge in [0.2, 0.25) is 11.7 Å². The molecule has 2 N–H and O–H groups in total. The van der Waals surface area contributed by atoms with Gasteiger partial charge in [0.25, 0.3) is 0 Å². The number of nitrogens with zero attached hydrogens (tertiary/aromatic N) is 2. The largest absolute Gasteiger partial charge is 0.338 e. The molecule has 0 saturated carbocycles. The fourth-order valence-electron chi connectivity index (χ4n) is 1.50. The first-order valence-corrected chi connectivity index (χ1v) is 7.73. The number of sulfone groups is 1. The molecule has 0 spiro atoms. The van der Waals surface area contributed by atoms with Crippen molar-refractivity contribution in [2.75, 3.05) is 6.26 Å². The van der Waals surface area contributed by atoms with E-state index in [-0.39, 0.29) is 22.7 Å². The van der Waals surface area contributed by atoms with Gasteiger partial charge in [0.15, 0.2) is 9.84 Å². The first-order chi connectivity index (χ1) is 8.82. The summed E-state index contributed by atoms with van der Waals surface area (Å²) in [5.41, 5.74) is 5.62. The molecule has 0 atom stereocenters. The SMILES string of the molecule is CS(=O)(=O)c1c(F)cc(-c2noc(CN)n2)cc1Br. The third kappa shape index (κ3) is 2.82. The lowest BCUT2D eigenvalue weighted by Crippen LogP contribution is -2.02. The van der Waals surface area contributed by atoms with E-state index >= 15 is 0 Å². The molecule has 102 valence electrons. The Morgan fingerprint density at radius 1 is 1.47 bits per heavy atom. The average molecular weight is 350 g/mol. The molecule has 1 aromatic carbocycles. The molecule has 0 saturated heterocycles. The van der Waals surface area contributed by atoms with Crippen molar-refractivity contribution in [3.8, 4) is 11.4 Å². The van der Waals surface area contributed by atoms with E-state index in [2.05, 4.69) is 26.1 Å². The van der Waals surface area contributed by atoms with E-state index in [1.807, 2.05) is 0 Å². The van der Waals surface area contributed by atoms with E-state index in [1.165, 1.54) is 6.07 Å². The predicted octanol–water partition coefficient (Wildman–Crippen LogP) is 1.50. The van der Waals surface area contributed by atoms with Crippen molar-refractivity contribution in [2.24, 2.45) is 5.73 Å². The molecule has 0 fully saturated rings. The molecule has 2 aromatic rings. The van der Waals surface area contributed by atoms with Crippen molar-refractivity contribution in [3.63, 3.8) is 0 Å². The molecule has 6 nitrogen and oxygen atoms in total. The maximum Gasteiger partial charge on any atom is 0.240 e. The smallest absolute Gasteiger partial charge is 0.240 e. The van der Waals surface area contributed by atoms with Gasteiger partial charge in [0.1, 0.15) is 10.7 Å². The Kier molecular flexibility index (Phi) is 3.70. The Morgan fingerprint density at radius 3 is 2.63 bits per heavy atom. The van der Waals surface area contributed by atoms with Crippen LogP contribution in [0, 0.1) is 5.82 Å². The minimum Gasteiger partial charge on any atom is -0.338 e. The lowest BCUT2D eigenvalue weighted by Gasteiger charge is -2.05. The van der Waals surface area contributed by atoms with Crippen molar-refractivity contribution in [1.82, 2.24) is 10.1 Å². The molecule has 0 radical (unpaired) electrons. The highest BCUT2D eigenvalue weighted by molar-refractivity contribution is 9.10. The van der Waals surface area contributed by atoms with Gasteiger partial charge in [-0.1, -0.05) is 5.16 Å². The fraction of sp³-hybridized carbons (Fsp3) is 0.200. The van der Waals surface area contributed by atoms with E-state index in [4.69, 9.17) is 10.3 Å². The van der Waals surface area contributed by atoms with Crippen LogP contribution in [0.15, 0.2) is 26.0 Å². The summed E-state index contributed by atoms with van der Waals surface area (Å²) in [6.07, 6.45) is 0.927. The van der Waals surface area contributed by atoms with Gasteiger partial charge in [-0.3, -0.25) is 0 Å². The molecule has 0 aliphatic rings. The molecule has 0 amide bonds. The summed E-state index contributed by atoms with van der Waals surface area (Å²) in [6.45, 7) is 0.0675. The zero-order chi connectivity index (χ0) is 14.2. The van der Waals surface area contributed by atoms with E-state index < -0.39 is 20.5 Å². The Bertz CT molecular complexity index is 706. The number of benzene rings is 1. The summed E-state index contributed by atoms with van der Waals surface area (Å²) in [7, 11) is -3.67. The van der Waals surface area contributed by atoms with Crippen LogP contribution >= 0.6 is 15.9 Å². The molecular weight excluding hydrogens is 341 g/mol. The van der Waals surface area contributed by atoms with Gasteiger partial charge in [-0.05, 0) is 28.1 Å². The monoisotopic (exact) mass is 349 g/mol. The Hall–Kier alpha value is -1.32. The topological polar surface area (TPSA) is 99.1 Å². The lowest BCUT2D eigenvalue weighted by molar-refractivity contribution is 0.380. The first kappa shape index (κ1) is 14.1. The van der Waals surface area contributed by atoms with Gasteiger partial charge in [0.05, 0.1) is 6.54 Å². The van der Waals surface area contributed by atoms with Crippen LogP contribution in [0.4, 0.5) is 4.39 Å². The van der Waals surface area contributed by atoms with Crippen LogP contribution in [0.5, 0.6) is 0 Å². The van der Waals surface area contributed by atoms with E-state index in [9.17, 15) is 12.8 Å². The molecule has 0 bridgehead atoms. The van der Waals surface area contributed by atoms with Crippen molar-refractivity contribution in [1.29, 1.82) is 0 Å². The first-order valence-electron chi connectivity index (χ1n) is 5.05. The number of nitrogens with two attached hydrogens (primary N) is 1. The summed E-state index contributed by atoms with van der Waals surface area (Å²) in [5.74, 6) is -0.537. The minimum atomic E-state index is -3.67. The van der Waals surface area contributed by atoms with Gasteiger partial charge >= 0.3 is 0 Å². The molecule has 2 rings (SSSR count). The highest BCUT2D eigenvalue weighted by Crippen LogP contribution is 2.30. The van der Waals surface area contributed by atoms with Crippen LogP contribution in [0.1, 0.15) is 5.89 Å². The lowest BCUT2D eigenvalue weighted by atomic mass is 10.2. The number of aromatic nitrogens is 2. The van der Waals surface area contributed by atoms with Crippen LogP contribution in [-0.4, -0.2) is 24.8 Å². The van der Waals surface area contributed by atoms with Crippen molar-refractivity contribution >= 4 is 25.8 Å². The molecular formula is C10H9BrFN3O3S. The van der Waals surface area contributed by atoms with Gasteiger partial charge < -0.3 is 10.3 Å². The summed E-state index contributed by atoms with van der Waals surface area (Å²) in [4.78, 5) is 3.53. The fourth-order valence-corrected chi connectivity index (χ4v) is 3.64. The molecule has 1 aromatic heterocycles. The third-order valence-electron chi connectivity index (χ3n) is 2.27. The molecule has 0 aliphatic carbocycles. The molecule has 9 heteroatoms. The number of hydrogen-bond donors (Lipinski definition) is 1. The zero-order valence-electron chi connectivity index (χ0n) is 9.72. The Labute approximate surface area is 116 Å². The van der Waals surface area contributed by atoms with Crippen LogP contribution in [0.2, 0.25) is 0 Å². The Balaban J connectivity index is 2.57. The Morgan fingerprint density at radius 2 is 2.16 bits per heavy atom. The second-order valence-electron chi connectivity index (χ2n) is 3.76. The van der Waals surface area contributed by atoms with Crippen molar-refractivity contribution in [2.45, 2.75) is 11.4 Å². The average Bonchev–Trinajstić information content (AvgIpc) is 2.74. The predicted molar refractivity (Wildman–Crippen MR) is 68.4 cm³/mol. The summed E-state index contributed by atoms with van der Waals surface area (Å²) < 4.78 is 41.6.